The van der Waals surface area contributed by atoms with E-state index in [-0.39, 0.29) is 5.57 Å². The average molecular weight is 245 g/mol. The molecule has 1 heterocycles. The third kappa shape index (κ3) is 2.49. The van der Waals surface area contributed by atoms with Crippen LogP contribution in [0.5, 0.6) is 0 Å². The van der Waals surface area contributed by atoms with Gasteiger partial charge in [0, 0.05) is 12.2 Å². The van der Waals surface area contributed by atoms with Gasteiger partial charge < -0.3 is 4.90 Å². The minimum absolute atomic E-state index is 0.0733. The Kier molecular flexibility index (Phi) is 3.67. The predicted octanol–water partition coefficient (Wildman–Crippen LogP) is 3.15. The number of allylic oxidation sites excluding steroid dienone is 2. The highest BCUT2D eigenvalue weighted by Crippen LogP contribution is 2.29. The van der Waals surface area contributed by atoms with Crippen LogP contribution in [-0.2, 0) is 0 Å². The Bertz CT molecular complexity index is 697. The number of anilines is 1. The SMILES string of the molecule is CCN1C(=C=C=C(C#N)C#N)C=Cc2ccccc21. The summed E-state index contributed by atoms with van der Waals surface area (Å²) in [6.45, 7) is 2.82. The summed E-state index contributed by atoms with van der Waals surface area (Å²) in [5.41, 5.74) is 8.44. The van der Waals surface area contributed by atoms with E-state index < -0.39 is 0 Å². The molecule has 1 aliphatic rings. The lowest BCUT2D eigenvalue weighted by Gasteiger charge is -2.27. The van der Waals surface area contributed by atoms with Gasteiger partial charge in [-0.3, -0.25) is 0 Å². The molecule has 19 heavy (non-hydrogen) atoms. The van der Waals surface area contributed by atoms with E-state index in [0.717, 1.165) is 23.5 Å². The molecule has 0 N–H and O–H groups in total. The van der Waals surface area contributed by atoms with Gasteiger partial charge in [-0.25, -0.2) is 0 Å². The molecule has 1 aliphatic heterocycles. The highest BCUT2D eigenvalue weighted by molar-refractivity contribution is 5.76. The fourth-order valence-corrected chi connectivity index (χ4v) is 1.92. The number of likely N-dealkylation sites (N-methyl/N-ethyl adjacent to an activating group) is 1. The van der Waals surface area contributed by atoms with Gasteiger partial charge in [0.05, 0.1) is 5.70 Å². The van der Waals surface area contributed by atoms with Crippen LogP contribution in [0.3, 0.4) is 0 Å². The summed E-state index contributed by atoms with van der Waals surface area (Å²) in [6.07, 6.45) is 3.90. The number of nitrogens with zero attached hydrogens (tertiary/aromatic N) is 3. The van der Waals surface area contributed by atoms with Crippen LogP contribution in [0.4, 0.5) is 5.69 Å². The Morgan fingerprint density at radius 3 is 2.58 bits per heavy atom. The van der Waals surface area contributed by atoms with E-state index in [4.69, 9.17) is 10.5 Å². The number of nitriles is 2. The van der Waals surface area contributed by atoms with Gasteiger partial charge in [-0.05, 0) is 36.1 Å². The largest absolute Gasteiger partial charge is 0.334 e. The van der Waals surface area contributed by atoms with Crippen molar-refractivity contribution in [1.29, 1.82) is 10.5 Å². The van der Waals surface area contributed by atoms with Crippen LogP contribution in [0.2, 0.25) is 0 Å². The van der Waals surface area contributed by atoms with Gasteiger partial charge in [0.25, 0.3) is 0 Å². The van der Waals surface area contributed by atoms with Gasteiger partial charge in [0.2, 0.25) is 0 Å². The summed E-state index contributed by atoms with van der Waals surface area (Å²) < 4.78 is 0. The summed E-state index contributed by atoms with van der Waals surface area (Å²) in [5.74, 6) is 0. The standard InChI is InChI=1S/C16H11N3/c1-2-19-15(9-7-13(11-17)12-18)10-8-14-5-3-4-6-16(14)19/h3-6,8,10H,2H2,1H3. The molecule has 1 aromatic carbocycles. The Balaban J connectivity index is 2.60. The molecule has 90 valence electrons. The quantitative estimate of drug-likeness (QED) is 0.564. The van der Waals surface area contributed by atoms with Crippen molar-refractivity contribution < 1.29 is 0 Å². The highest BCUT2D eigenvalue weighted by Gasteiger charge is 2.14. The van der Waals surface area contributed by atoms with Gasteiger partial charge >= 0.3 is 0 Å². The topological polar surface area (TPSA) is 50.8 Å². The third-order valence-corrected chi connectivity index (χ3v) is 2.79. The molecule has 3 nitrogen and oxygen atoms in total. The van der Waals surface area contributed by atoms with Gasteiger partial charge in [0.1, 0.15) is 12.1 Å². The van der Waals surface area contributed by atoms with E-state index in [9.17, 15) is 0 Å². The molecule has 0 amide bonds. The van der Waals surface area contributed by atoms with Crippen LogP contribution in [0, 0.1) is 22.7 Å². The second-order valence-corrected chi connectivity index (χ2v) is 3.87. The monoisotopic (exact) mass is 245 g/mol. The van der Waals surface area contributed by atoms with E-state index in [1.165, 1.54) is 0 Å². The molecule has 0 radical (unpaired) electrons. The van der Waals surface area contributed by atoms with Crippen molar-refractivity contribution in [3.05, 3.63) is 58.6 Å². The van der Waals surface area contributed by atoms with Crippen LogP contribution in [0.1, 0.15) is 12.5 Å². The first-order valence-corrected chi connectivity index (χ1v) is 5.91. The van der Waals surface area contributed by atoms with Crippen molar-refractivity contribution in [3.63, 3.8) is 0 Å². The van der Waals surface area contributed by atoms with E-state index in [1.807, 2.05) is 43.3 Å². The molecular weight excluding hydrogens is 234 g/mol. The van der Waals surface area contributed by atoms with E-state index in [0.29, 0.717) is 0 Å². The first-order valence-electron chi connectivity index (χ1n) is 5.91. The molecule has 0 atom stereocenters. The van der Waals surface area contributed by atoms with E-state index >= 15 is 0 Å². The molecule has 0 saturated carbocycles. The van der Waals surface area contributed by atoms with Crippen molar-refractivity contribution >= 4 is 11.8 Å². The summed E-state index contributed by atoms with van der Waals surface area (Å²) in [4.78, 5) is 2.06. The van der Waals surface area contributed by atoms with Crippen LogP contribution in [0.15, 0.2) is 53.1 Å². The summed E-state index contributed by atoms with van der Waals surface area (Å²) in [6, 6.07) is 11.6. The zero-order valence-corrected chi connectivity index (χ0v) is 10.5. The van der Waals surface area contributed by atoms with Crippen LogP contribution >= 0.6 is 0 Å². The molecular formula is C16H11N3. The second-order valence-electron chi connectivity index (χ2n) is 3.87. The Hall–Kier alpha value is -2.96. The molecule has 0 saturated heterocycles. The minimum Gasteiger partial charge on any atom is -0.334 e. The maximum absolute atomic E-state index is 8.68. The maximum Gasteiger partial charge on any atom is 0.179 e. The lowest BCUT2D eigenvalue weighted by atomic mass is 10.1. The second kappa shape index (κ2) is 5.58. The molecule has 3 heteroatoms. The predicted molar refractivity (Wildman–Crippen MR) is 73.8 cm³/mol. The summed E-state index contributed by atoms with van der Waals surface area (Å²) in [5, 5.41) is 17.4. The van der Waals surface area contributed by atoms with Crippen LogP contribution < -0.4 is 4.90 Å². The number of rotatable bonds is 1. The van der Waals surface area contributed by atoms with Gasteiger partial charge in [0.15, 0.2) is 5.57 Å². The smallest absolute Gasteiger partial charge is 0.179 e. The van der Waals surface area contributed by atoms with Gasteiger partial charge in [-0.15, -0.1) is 0 Å². The fourth-order valence-electron chi connectivity index (χ4n) is 1.92. The normalized spacial score (nSPS) is 11.7. The third-order valence-electron chi connectivity index (χ3n) is 2.79. The molecule has 0 aliphatic carbocycles. The Labute approximate surface area is 112 Å². The first-order chi connectivity index (χ1) is 9.30. The van der Waals surface area contributed by atoms with Crippen molar-refractivity contribution in [1.82, 2.24) is 0 Å². The molecule has 0 fully saturated rings. The van der Waals surface area contributed by atoms with Crippen LogP contribution in [0.25, 0.3) is 6.08 Å². The van der Waals surface area contributed by atoms with Gasteiger partial charge in [-0.2, -0.15) is 10.5 Å². The lowest BCUT2D eigenvalue weighted by Crippen LogP contribution is -2.23. The average Bonchev–Trinajstić information content (AvgIpc) is 2.47. The number of para-hydroxylation sites is 1. The maximum atomic E-state index is 8.68. The molecule has 0 unspecified atom stereocenters. The highest BCUT2D eigenvalue weighted by atomic mass is 15.1. The van der Waals surface area contributed by atoms with Crippen molar-refractivity contribution in [3.8, 4) is 12.1 Å². The zero-order valence-electron chi connectivity index (χ0n) is 10.5. The minimum atomic E-state index is -0.0733. The van der Waals surface area contributed by atoms with E-state index in [2.05, 4.69) is 16.4 Å². The fraction of sp³-hybridized carbons (Fsp3) is 0.125. The molecule has 0 bridgehead atoms. The number of benzene rings is 1. The van der Waals surface area contributed by atoms with Crippen molar-refractivity contribution in [2.24, 2.45) is 0 Å². The summed E-state index contributed by atoms with van der Waals surface area (Å²) >= 11 is 0. The Morgan fingerprint density at radius 1 is 1.16 bits per heavy atom. The first kappa shape index (κ1) is 12.5. The number of hydrogen-bond donors (Lipinski definition) is 0. The molecule has 0 aromatic heterocycles. The van der Waals surface area contributed by atoms with E-state index in [1.54, 1.807) is 12.1 Å². The molecule has 2 rings (SSSR count). The van der Waals surface area contributed by atoms with Gasteiger partial charge in [-0.1, -0.05) is 24.3 Å². The molecule has 0 spiro atoms. The van der Waals surface area contributed by atoms with Crippen molar-refractivity contribution in [2.45, 2.75) is 6.92 Å². The Morgan fingerprint density at radius 2 is 1.89 bits per heavy atom. The van der Waals surface area contributed by atoms with Crippen molar-refractivity contribution in [2.75, 3.05) is 11.4 Å². The number of fused-ring (bicyclic) bond motifs is 1. The number of hydrogen-bond acceptors (Lipinski definition) is 3. The lowest BCUT2D eigenvalue weighted by molar-refractivity contribution is 0.974. The van der Waals surface area contributed by atoms with Crippen LogP contribution in [-0.4, -0.2) is 6.54 Å². The molecule has 1 aromatic rings. The summed E-state index contributed by atoms with van der Waals surface area (Å²) in [7, 11) is 0. The zero-order chi connectivity index (χ0) is 13.7.